The predicted molar refractivity (Wildman–Crippen MR) is 101 cm³/mol. The molecule has 5 heteroatoms. The fraction of sp³-hybridized carbons (Fsp3) is 0.286. The second kappa shape index (κ2) is 6.50. The maximum Gasteiger partial charge on any atom is 0.163 e. The molecule has 0 unspecified atom stereocenters. The van der Waals surface area contributed by atoms with Crippen LogP contribution < -0.4 is 9.57 Å². The third-order valence-corrected chi connectivity index (χ3v) is 4.93. The van der Waals surface area contributed by atoms with Gasteiger partial charge in [-0.25, -0.2) is 0 Å². The van der Waals surface area contributed by atoms with Crippen LogP contribution in [0, 0.1) is 0 Å². The number of aromatic amines is 1. The quantitative estimate of drug-likeness (QED) is 0.751. The maximum atomic E-state index is 6.27. The normalized spacial score (nSPS) is 14.1. The van der Waals surface area contributed by atoms with Gasteiger partial charge in [0.1, 0.15) is 5.75 Å². The molecule has 0 saturated carbocycles. The first kappa shape index (κ1) is 16.7. The number of nitrogens with zero attached hydrogens (tertiary/aromatic N) is 2. The Balaban J connectivity index is 1.63. The number of hydroxylamine groups is 2. The predicted octanol–water partition coefficient (Wildman–Crippen LogP) is 4.17. The molecule has 134 valence electrons. The van der Waals surface area contributed by atoms with E-state index in [9.17, 15) is 0 Å². The van der Waals surface area contributed by atoms with Gasteiger partial charge in [-0.3, -0.25) is 5.10 Å². The molecule has 1 aliphatic rings. The van der Waals surface area contributed by atoms with Crippen LogP contribution in [0.25, 0.3) is 11.1 Å². The third kappa shape index (κ3) is 2.95. The lowest BCUT2D eigenvalue weighted by Gasteiger charge is -2.29. The molecule has 0 spiro atoms. The standard InChI is InChI=1S/C21H23N3O2/c1-21(2,16-7-5-4-6-8-16)14-24-13-18-19(25-3)10-9-17(20(18)26-24)15-11-22-23-12-15/h4-12H,13-14H2,1-3H3,(H,22,23). The van der Waals surface area contributed by atoms with Crippen LogP contribution >= 0.6 is 0 Å². The Morgan fingerprint density at radius 1 is 1.19 bits per heavy atom. The first-order valence-corrected chi connectivity index (χ1v) is 8.76. The van der Waals surface area contributed by atoms with E-state index in [-0.39, 0.29) is 5.41 Å². The van der Waals surface area contributed by atoms with Crippen molar-refractivity contribution in [3.63, 3.8) is 0 Å². The van der Waals surface area contributed by atoms with Crippen molar-refractivity contribution < 1.29 is 9.57 Å². The summed E-state index contributed by atoms with van der Waals surface area (Å²) in [6.07, 6.45) is 3.68. The molecule has 1 N–H and O–H groups in total. The van der Waals surface area contributed by atoms with Gasteiger partial charge in [-0.2, -0.15) is 5.10 Å². The highest BCUT2D eigenvalue weighted by molar-refractivity contribution is 5.73. The highest BCUT2D eigenvalue weighted by Gasteiger charge is 2.32. The Morgan fingerprint density at radius 3 is 2.69 bits per heavy atom. The molecule has 0 fully saturated rings. The monoisotopic (exact) mass is 349 g/mol. The summed E-state index contributed by atoms with van der Waals surface area (Å²) in [5.41, 5.74) is 4.37. The van der Waals surface area contributed by atoms with Gasteiger partial charge in [-0.1, -0.05) is 44.2 Å². The van der Waals surface area contributed by atoms with Gasteiger partial charge in [0.15, 0.2) is 5.75 Å². The average Bonchev–Trinajstić information content (AvgIpc) is 3.31. The Hall–Kier alpha value is -2.79. The molecule has 0 aliphatic carbocycles. The Kier molecular flexibility index (Phi) is 4.17. The Morgan fingerprint density at radius 2 is 2.00 bits per heavy atom. The van der Waals surface area contributed by atoms with Crippen molar-refractivity contribution in [2.24, 2.45) is 0 Å². The van der Waals surface area contributed by atoms with Crippen LogP contribution in [-0.2, 0) is 12.0 Å². The van der Waals surface area contributed by atoms with E-state index in [0.29, 0.717) is 6.54 Å². The zero-order valence-corrected chi connectivity index (χ0v) is 15.3. The summed E-state index contributed by atoms with van der Waals surface area (Å²) < 4.78 is 5.56. The van der Waals surface area contributed by atoms with Gasteiger partial charge in [-0.05, 0) is 17.7 Å². The van der Waals surface area contributed by atoms with Crippen molar-refractivity contribution in [1.82, 2.24) is 15.3 Å². The van der Waals surface area contributed by atoms with E-state index in [0.717, 1.165) is 34.7 Å². The van der Waals surface area contributed by atoms with Crippen LogP contribution in [-0.4, -0.2) is 28.9 Å². The van der Waals surface area contributed by atoms with E-state index in [1.54, 1.807) is 7.11 Å². The number of ether oxygens (including phenoxy) is 1. The minimum atomic E-state index is -0.0354. The molecule has 26 heavy (non-hydrogen) atoms. The van der Waals surface area contributed by atoms with Crippen LogP contribution in [0.2, 0.25) is 0 Å². The second-order valence-electron chi connectivity index (χ2n) is 7.25. The van der Waals surface area contributed by atoms with Crippen molar-refractivity contribution >= 4 is 0 Å². The molecule has 2 aromatic carbocycles. The third-order valence-electron chi connectivity index (χ3n) is 4.93. The summed E-state index contributed by atoms with van der Waals surface area (Å²) in [7, 11) is 1.70. The van der Waals surface area contributed by atoms with Crippen molar-refractivity contribution in [1.29, 1.82) is 0 Å². The highest BCUT2D eigenvalue weighted by atomic mass is 16.7. The van der Waals surface area contributed by atoms with Gasteiger partial charge in [0, 0.05) is 29.3 Å². The molecule has 0 saturated heterocycles. The van der Waals surface area contributed by atoms with E-state index in [2.05, 4.69) is 48.3 Å². The maximum absolute atomic E-state index is 6.27. The van der Waals surface area contributed by atoms with Crippen LogP contribution in [0.15, 0.2) is 54.9 Å². The minimum Gasteiger partial charge on any atom is -0.496 e. The largest absolute Gasteiger partial charge is 0.496 e. The van der Waals surface area contributed by atoms with Gasteiger partial charge in [-0.15, -0.1) is 5.06 Å². The van der Waals surface area contributed by atoms with Crippen molar-refractivity contribution in [2.45, 2.75) is 25.8 Å². The Bertz CT molecular complexity index is 889. The van der Waals surface area contributed by atoms with E-state index >= 15 is 0 Å². The smallest absolute Gasteiger partial charge is 0.163 e. The number of rotatable bonds is 5. The molecular weight excluding hydrogens is 326 g/mol. The SMILES string of the molecule is COc1ccc(-c2cn[nH]c2)c2c1CN(CC(C)(C)c1ccccc1)O2. The van der Waals surface area contributed by atoms with Gasteiger partial charge in [0.05, 0.1) is 25.4 Å². The minimum absolute atomic E-state index is 0.0354. The van der Waals surface area contributed by atoms with Crippen LogP contribution in [0.4, 0.5) is 0 Å². The fourth-order valence-corrected chi connectivity index (χ4v) is 3.53. The summed E-state index contributed by atoms with van der Waals surface area (Å²) in [6, 6.07) is 14.6. The van der Waals surface area contributed by atoms with E-state index in [1.165, 1.54) is 5.56 Å². The molecule has 0 atom stereocenters. The molecule has 0 bridgehead atoms. The molecule has 2 heterocycles. The molecular formula is C21H23N3O2. The first-order chi connectivity index (χ1) is 12.6. The van der Waals surface area contributed by atoms with Gasteiger partial charge in [0.25, 0.3) is 0 Å². The lowest BCUT2D eigenvalue weighted by Crippen LogP contribution is -2.36. The second-order valence-corrected chi connectivity index (χ2v) is 7.25. The van der Waals surface area contributed by atoms with E-state index in [4.69, 9.17) is 9.57 Å². The van der Waals surface area contributed by atoms with Crippen LogP contribution in [0.3, 0.4) is 0 Å². The zero-order valence-electron chi connectivity index (χ0n) is 15.3. The molecule has 4 rings (SSSR count). The number of benzene rings is 2. The van der Waals surface area contributed by atoms with Gasteiger partial charge >= 0.3 is 0 Å². The summed E-state index contributed by atoms with van der Waals surface area (Å²) >= 11 is 0. The number of hydrogen-bond donors (Lipinski definition) is 1. The van der Waals surface area contributed by atoms with Gasteiger partial charge < -0.3 is 9.57 Å². The lowest BCUT2D eigenvalue weighted by atomic mass is 9.84. The molecule has 1 aromatic heterocycles. The number of aromatic nitrogens is 2. The first-order valence-electron chi connectivity index (χ1n) is 8.76. The topological polar surface area (TPSA) is 50.4 Å². The van der Waals surface area contributed by atoms with Gasteiger partial charge in [0.2, 0.25) is 0 Å². The molecule has 3 aromatic rings. The molecule has 5 nitrogen and oxygen atoms in total. The molecule has 0 amide bonds. The molecule has 1 aliphatic heterocycles. The Labute approximate surface area is 153 Å². The number of H-pyrrole nitrogens is 1. The summed E-state index contributed by atoms with van der Waals surface area (Å²) in [5, 5.41) is 8.95. The number of nitrogens with one attached hydrogen (secondary N) is 1. The van der Waals surface area contributed by atoms with Crippen molar-refractivity contribution in [3.05, 3.63) is 66.0 Å². The lowest BCUT2D eigenvalue weighted by molar-refractivity contribution is -0.0565. The van der Waals surface area contributed by atoms with E-state index in [1.807, 2.05) is 35.7 Å². The number of methoxy groups -OCH3 is 1. The fourth-order valence-electron chi connectivity index (χ4n) is 3.53. The van der Waals surface area contributed by atoms with Crippen molar-refractivity contribution in [2.75, 3.05) is 13.7 Å². The number of hydrogen-bond acceptors (Lipinski definition) is 4. The summed E-state index contributed by atoms with van der Waals surface area (Å²) in [6.45, 7) is 5.95. The number of fused-ring (bicyclic) bond motifs is 1. The zero-order chi connectivity index (χ0) is 18.1. The molecule has 0 radical (unpaired) electrons. The average molecular weight is 349 g/mol. The van der Waals surface area contributed by atoms with Crippen LogP contribution in [0.1, 0.15) is 25.0 Å². The summed E-state index contributed by atoms with van der Waals surface area (Å²) in [5.74, 6) is 1.71. The highest BCUT2D eigenvalue weighted by Crippen LogP contribution is 2.43. The van der Waals surface area contributed by atoms with E-state index < -0.39 is 0 Å². The van der Waals surface area contributed by atoms with Crippen molar-refractivity contribution in [3.8, 4) is 22.6 Å². The van der Waals surface area contributed by atoms with Crippen LogP contribution in [0.5, 0.6) is 11.5 Å². The summed E-state index contributed by atoms with van der Waals surface area (Å²) in [4.78, 5) is 6.27.